The first-order valence-electron chi connectivity index (χ1n) is 5.29. The number of rotatable bonds is 6. The zero-order valence-electron chi connectivity index (χ0n) is 9.07. The summed E-state index contributed by atoms with van der Waals surface area (Å²) in [6.07, 6.45) is 7.51. The molecule has 2 nitrogen and oxygen atoms in total. The predicted octanol–water partition coefficient (Wildman–Crippen LogP) is 2.83. The van der Waals surface area contributed by atoms with Crippen molar-refractivity contribution in [3.05, 3.63) is 30.1 Å². The first-order chi connectivity index (χ1) is 6.79. The van der Waals surface area contributed by atoms with Gasteiger partial charge in [0.2, 0.25) is 0 Å². The van der Waals surface area contributed by atoms with Crippen molar-refractivity contribution in [3.63, 3.8) is 0 Å². The van der Waals surface area contributed by atoms with E-state index in [0.29, 0.717) is 6.10 Å². The minimum Gasteiger partial charge on any atom is -0.379 e. The number of pyridine rings is 1. The van der Waals surface area contributed by atoms with Crippen molar-refractivity contribution < 1.29 is 4.74 Å². The van der Waals surface area contributed by atoms with E-state index in [4.69, 9.17) is 4.74 Å². The van der Waals surface area contributed by atoms with Crippen LogP contribution >= 0.6 is 0 Å². The SMILES string of the molecule is CC(C)OCCCCc1ccncc1. The molecule has 0 atom stereocenters. The molecule has 0 bridgehead atoms. The van der Waals surface area contributed by atoms with Crippen molar-refractivity contribution in [1.29, 1.82) is 0 Å². The van der Waals surface area contributed by atoms with Gasteiger partial charge in [0.1, 0.15) is 0 Å². The zero-order chi connectivity index (χ0) is 10.2. The van der Waals surface area contributed by atoms with Crippen LogP contribution in [0.15, 0.2) is 24.5 Å². The van der Waals surface area contributed by atoms with E-state index in [-0.39, 0.29) is 0 Å². The molecule has 0 aliphatic carbocycles. The van der Waals surface area contributed by atoms with Gasteiger partial charge in [-0.3, -0.25) is 4.98 Å². The molecule has 0 aliphatic rings. The number of ether oxygens (including phenoxy) is 1. The lowest BCUT2D eigenvalue weighted by atomic mass is 10.1. The summed E-state index contributed by atoms with van der Waals surface area (Å²) in [5, 5.41) is 0. The summed E-state index contributed by atoms with van der Waals surface area (Å²) in [5.74, 6) is 0. The van der Waals surface area contributed by atoms with E-state index in [1.807, 2.05) is 12.4 Å². The van der Waals surface area contributed by atoms with Gasteiger partial charge in [0.25, 0.3) is 0 Å². The van der Waals surface area contributed by atoms with Crippen molar-refractivity contribution in [2.45, 2.75) is 39.2 Å². The monoisotopic (exact) mass is 193 g/mol. The average molecular weight is 193 g/mol. The van der Waals surface area contributed by atoms with Crippen molar-refractivity contribution in [2.75, 3.05) is 6.61 Å². The van der Waals surface area contributed by atoms with Crippen LogP contribution in [0.5, 0.6) is 0 Å². The van der Waals surface area contributed by atoms with Crippen LogP contribution in [0, 0.1) is 0 Å². The molecule has 1 aromatic rings. The number of aryl methyl sites for hydroxylation is 1. The van der Waals surface area contributed by atoms with Crippen LogP contribution in [-0.4, -0.2) is 17.7 Å². The fourth-order valence-electron chi connectivity index (χ4n) is 1.30. The van der Waals surface area contributed by atoms with Gasteiger partial charge in [-0.2, -0.15) is 0 Å². The lowest BCUT2D eigenvalue weighted by Crippen LogP contribution is -2.03. The summed E-state index contributed by atoms with van der Waals surface area (Å²) in [7, 11) is 0. The van der Waals surface area contributed by atoms with Crippen LogP contribution in [0.4, 0.5) is 0 Å². The Morgan fingerprint density at radius 3 is 2.57 bits per heavy atom. The van der Waals surface area contributed by atoms with Crippen LogP contribution in [-0.2, 0) is 11.2 Å². The summed E-state index contributed by atoms with van der Waals surface area (Å²) >= 11 is 0. The normalized spacial score (nSPS) is 10.8. The van der Waals surface area contributed by atoms with E-state index in [1.165, 1.54) is 12.0 Å². The van der Waals surface area contributed by atoms with Gasteiger partial charge in [-0.25, -0.2) is 0 Å². The summed E-state index contributed by atoms with van der Waals surface area (Å²) in [4.78, 5) is 3.99. The van der Waals surface area contributed by atoms with Crippen molar-refractivity contribution >= 4 is 0 Å². The second kappa shape index (κ2) is 6.55. The fourth-order valence-corrected chi connectivity index (χ4v) is 1.30. The fraction of sp³-hybridized carbons (Fsp3) is 0.583. The molecule has 0 amide bonds. The first kappa shape index (κ1) is 11.2. The summed E-state index contributed by atoms with van der Waals surface area (Å²) in [6, 6.07) is 4.15. The third-order valence-corrected chi connectivity index (χ3v) is 2.06. The minimum atomic E-state index is 0.357. The van der Waals surface area contributed by atoms with Gasteiger partial charge in [-0.05, 0) is 50.8 Å². The molecule has 0 spiro atoms. The Morgan fingerprint density at radius 1 is 1.21 bits per heavy atom. The second-order valence-electron chi connectivity index (χ2n) is 3.73. The van der Waals surface area contributed by atoms with Crippen molar-refractivity contribution in [1.82, 2.24) is 4.98 Å². The van der Waals surface area contributed by atoms with E-state index in [9.17, 15) is 0 Å². The molecule has 2 heteroatoms. The highest BCUT2D eigenvalue weighted by molar-refractivity contribution is 5.09. The van der Waals surface area contributed by atoms with Crippen LogP contribution in [0.25, 0.3) is 0 Å². The smallest absolute Gasteiger partial charge is 0.0518 e. The molecule has 0 aromatic carbocycles. The molecule has 0 fully saturated rings. The first-order valence-corrected chi connectivity index (χ1v) is 5.29. The Kier molecular flexibility index (Phi) is 5.23. The highest BCUT2D eigenvalue weighted by Gasteiger charge is 1.94. The maximum atomic E-state index is 5.47. The molecule has 1 heterocycles. The highest BCUT2D eigenvalue weighted by atomic mass is 16.5. The maximum Gasteiger partial charge on any atom is 0.0518 e. The number of hydrogen-bond donors (Lipinski definition) is 0. The largest absolute Gasteiger partial charge is 0.379 e. The Hall–Kier alpha value is -0.890. The number of unbranched alkanes of at least 4 members (excludes halogenated alkanes) is 1. The van der Waals surface area contributed by atoms with Crippen molar-refractivity contribution in [3.8, 4) is 0 Å². The third-order valence-electron chi connectivity index (χ3n) is 2.06. The Morgan fingerprint density at radius 2 is 1.93 bits per heavy atom. The van der Waals surface area contributed by atoms with Gasteiger partial charge in [0.15, 0.2) is 0 Å². The molecular weight excluding hydrogens is 174 g/mol. The molecular formula is C12H19NO. The quantitative estimate of drug-likeness (QED) is 0.648. The standard InChI is InChI=1S/C12H19NO/c1-11(2)14-10-4-3-5-12-6-8-13-9-7-12/h6-9,11H,3-5,10H2,1-2H3. The molecule has 0 N–H and O–H groups in total. The van der Waals surface area contributed by atoms with E-state index in [0.717, 1.165) is 19.4 Å². The zero-order valence-corrected chi connectivity index (χ0v) is 9.07. The maximum absolute atomic E-state index is 5.47. The molecule has 14 heavy (non-hydrogen) atoms. The van der Waals surface area contributed by atoms with E-state index >= 15 is 0 Å². The predicted molar refractivity (Wildman–Crippen MR) is 58.3 cm³/mol. The molecule has 1 rings (SSSR count). The summed E-state index contributed by atoms with van der Waals surface area (Å²) < 4.78 is 5.47. The molecule has 0 saturated heterocycles. The molecule has 78 valence electrons. The van der Waals surface area contributed by atoms with Crippen LogP contribution in [0.1, 0.15) is 32.3 Å². The van der Waals surface area contributed by atoms with E-state index < -0.39 is 0 Å². The Bertz CT molecular complexity index is 233. The van der Waals surface area contributed by atoms with Crippen LogP contribution in [0.3, 0.4) is 0 Å². The summed E-state index contributed by atoms with van der Waals surface area (Å²) in [6.45, 7) is 5.02. The van der Waals surface area contributed by atoms with Crippen LogP contribution in [0.2, 0.25) is 0 Å². The Labute approximate surface area is 86.3 Å². The van der Waals surface area contributed by atoms with E-state index in [2.05, 4.69) is 31.0 Å². The lowest BCUT2D eigenvalue weighted by Gasteiger charge is -2.06. The topological polar surface area (TPSA) is 22.1 Å². The molecule has 0 radical (unpaired) electrons. The van der Waals surface area contributed by atoms with Gasteiger partial charge in [0, 0.05) is 19.0 Å². The highest BCUT2D eigenvalue weighted by Crippen LogP contribution is 2.03. The third kappa shape index (κ3) is 4.97. The molecule has 0 aliphatic heterocycles. The number of hydrogen-bond acceptors (Lipinski definition) is 2. The molecule has 0 unspecified atom stereocenters. The van der Waals surface area contributed by atoms with Gasteiger partial charge < -0.3 is 4.74 Å². The van der Waals surface area contributed by atoms with Crippen molar-refractivity contribution in [2.24, 2.45) is 0 Å². The van der Waals surface area contributed by atoms with Gasteiger partial charge >= 0.3 is 0 Å². The van der Waals surface area contributed by atoms with Crippen LogP contribution < -0.4 is 0 Å². The van der Waals surface area contributed by atoms with E-state index in [1.54, 1.807) is 0 Å². The molecule has 0 saturated carbocycles. The average Bonchev–Trinajstić information content (AvgIpc) is 2.18. The second-order valence-corrected chi connectivity index (χ2v) is 3.73. The number of aromatic nitrogens is 1. The van der Waals surface area contributed by atoms with Gasteiger partial charge in [0.05, 0.1) is 6.10 Å². The minimum absolute atomic E-state index is 0.357. The number of nitrogens with zero attached hydrogens (tertiary/aromatic N) is 1. The Balaban J connectivity index is 2.05. The summed E-state index contributed by atoms with van der Waals surface area (Å²) in [5.41, 5.74) is 1.37. The van der Waals surface area contributed by atoms with Gasteiger partial charge in [-0.1, -0.05) is 0 Å². The lowest BCUT2D eigenvalue weighted by molar-refractivity contribution is 0.0761. The van der Waals surface area contributed by atoms with Gasteiger partial charge in [-0.15, -0.1) is 0 Å². The molecule has 1 aromatic heterocycles.